The van der Waals surface area contributed by atoms with Crippen molar-refractivity contribution < 1.29 is 14.8 Å². The second-order valence-electron chi connectivity index (χ2n) is 4.83. The molecule has 0 radical (unpaired) electrons. The van der Waals surface area contributed by atoms with Crippen LogP contribution in [-0.4, -0.2) is 29.0 Å². The van der Waals surface area contributed by atoms with Crippen LogP contribution in [0.4, 0.5) is 11.4 Å². The van der Waals surface area contributed by atoms with Crippen molar-refractivity contribution in [3.63, 3.8) is 0 Å². The standard InChI is InChI=1S/C15H12Cl3N3O4/c16-8-7-9(17)14(22)12(13(8)18)15(23)20-6-5-19-10-3-1-2-4-11(10)21(24)25/h1-4,7,19,22H,5-6H2,(H,20,23). The van der Waals surface area contributed by atoms with E-state index in [2.05, 4.69) is 10.6 Å². The van der Waals surface area contributed by atoms with E-state index in [0.717, 1.165) is 0 Å². The fraction of sp³-hybridized carbons (Fsp3) is 0.133. The van der Waals surface area contributed by atoms with Crippen LogP contribution in [0.1, 0.15) is 10.4 Å². The number of phenolic OH excluding ortho intramolecular Hbond substituents is 1. The van der Waals surface area contributed by atoms with Gasteiger partial charge in [0.15, 0.2) is 0 Å². The molecule has 0 atom stereocenters. The molecule has 7 nitrogen and oxygen atoms in total. The van der Waals surface area contributed by atoms with Gasteiger partial charge in [-0.25, -0.2) is 0 Å². The number of anilines is 1. The fourth-order valence-electron chi connectivity index (χ4n) is 2.04. The smallest absolute Gasteiger partial charge is 0.292 e. The zero-order valence-corrected chi connectivity index (χ0v) is 14.8. The first-order valence-electron chi connectivity index (χ1n) is 6.95. The third kappa shape index (κ3) is 4.45. The molecular weight excluding hydrogens is 393 g/mol. The van der Waals surface area contributed by atoms with Crippen molar-refractivity contribution in [1.29, 1.82) is 0 Å². The molecule has 0 spiro atoms. The molecule has 0 aliphatic rings. The van der Waals surface area contributed by atoms with Crippen molar-refractivity contribution in [3.8, 4) is 5.75 Å². The number of carbonyl (C=O) groups excluding carboxylic acids is 1. The number of hydrogen-bond acceptors (Lipinski definition) is 5. The highest BCUT2D eigenvalue weighted by molar-refractivity contribution is 6.45. The second-order valence-corrected chi connectivity index (χ2v) is 6.03. The summed E-state index contributed by atoms with van der Waals surface area (Å²) in [4.78, 5) is 22.6. The Kier molecular flexibility index (Phi) is 6.30. The van der Waals surface area contributed by atoms with Gasteiger partial charge in [0.05, 0.1) is 20.0 Å². The van der Waals surface area contributed by atoms with Gasteiger partial charge in [0, 0.05) is 19.2 Å². The van der Waals surface area contributed by atoms with Crippen molar-refractivity contribution in [2.75, 3.05) is 18.4 Å². The Labute approximate surface area is 157 Å². The summed E-state index contributed by atoms with van der Waals surface area (Å²) in [5, 5.41) is 26.0. The first-order chi connectivity index (χ1) is 11.8. The number of nitro benzene ring substituents is 1. The number of hydrogen-bond donors (Lipinski definition) is 3. The van der Waals surface area contributed by atoms with E-state index in [4.69, 9.17) is 34.8 Å². The first kappa shape index (κ1) is 19.1. The van der Waals surface area contributed by atoms with Crippen molar-refractivity contribution in [1.82, 2.24) is 5.32 Å². The number of benzene rings is 2. The third-order valence-electron chi connectivity index (χ3n) is 3.20. The van der Waals surface area contributed by atoms with Gasteiger partial charge in [0.1, 0.15) is 17.0 Å². The van der Waals surface area contributed by atoms with Gasteiger partial charge < -0.3 is 15.7 Å². The van der Waals surface area contributed by atoms with Crippen molar-refractivity contribution in [2.45, 2.75) is 0 Å². The van der Waals surface area contributed by atoms with Gasteiger partial charge in [-0.3, -0.25) is 14.9 Å². The number of aromatic hydroxyl groups is 1. The topological polar surface area (TPSA) is 104 Å². The molecule has 25 heavy (non-hydrogen) atoms. The normalized spacial score (nSPS) is 10.4. The molecule has 0 aliphatic heterocycles. The Balaban J connectivity index is 2.00. The zero-order valence-electron chi connectivity index (χ0n) is 12.6. The van der Waals surface area contributed by atoms with Gasteiger partial charge in [0.2, 0.25) is 0 Å². The van der Waals surface area contributed by atoms with Crippen LogP contribution < -0.4 is 10.6 Å². The van der Waals surface area contributed by atoms with E-state index >= 15 is 0 Å². The van der Waals surface area contributed by atoms with Crippen LogP contribution in [-0.2, 0) is 0 Å². The lowest BCUT2D eigenvalue weighted by molar-refractivity contribution is -0.384. The first-order valence-corrected chi connectivity index (χ1v) is 8.08. The highest BCUT2D eigenvalue weighted by Crippen LogP contribution is 2.38. The van der Waals surface area contributed by atoms with Crippen LogP contribution in [0, 0.1) is 10.1 Å². The summed E-state index contributed by atoms with van der Waals surface area (Å²) in [7, 11) is 0. The monoisotopic (exact) mass is 403 g/mol. The lowest BCUT2D eigenvalue weighted by Crippen LogP contribution is -2.29. The van der Waals surface area contributed by atoms with Crippen LogP contribution >= 0.6 is 34.8 Å². The number of amides is 1. The number of rotatable bonds is 6. The molecule has 0 heterocycles. The zero-order chi connectivity index (χ0) is 18.6. The van der Waals surface area contributed by atoms with Crippen molar-refractivity contribution in [3.05, 3.63) is 61.1 Å². The van der Waals surface area contributed by atoms with Gasteiger partial charge in [-0.15, -0.1) is 0 Å². The number of nitro groups is 1. The minimum atomic E-state index is -0.670. The quantitative estimate of drug-likeness (QED) is 0.291. The van der Waals surface area contributed by atoms with E-state index in [1.54, 1.807) is 18.2 Å². The Morgan fingerprint density at radius 3 is 2.52 bits per heavy atom. The molecule has 1 amide bonds. The van der Waals surface area contributed by atoms with E-state index in [1.165, 1.54) is 12.1 Å². The van der Waals surface area contributed by atoms with Crippen LogP contribution in [0.5, 0.6) is 5.75 Å². The summed E-state index contributed by atoms with van der Waals surface area (Å²) in [6.07, 6.45) is 0. The Bertz CT molecular complexity index is 804. The summed E-state index contributed by atoms with van der Waals surface area (Å²) in [5.74, 6) is -1.14. The maximum atomic E-state index is 12.2. The molecule has 0 aliphatic carbocycles. The van der Waals surface area contributed by atoms with E-state index in [1.807, 2.05) is 0 Å². The average Bonchev–Trinajstić information content (AvgIpc) is 2.57. The van der Waals surface area contributed by atoms with E-state index < -0.39 is 16.6 Å². The minimum absolute atomic E-state index is 0.0349. The molecule has 0 bridgehead atoms. The number of halogens is 3. The van der Waals surface area contributed by atoms with Crippen LogP contribution in [0.25, 0.3) is 0 Å². The van der Waals surface area contributed by atoms with Gasteiger partial charge in [-0.1, -0.05) is 46.9 Å². The SMILES string of the molecule is O=C(NCCNc1ccccc1[N+](=O)[O-])c1c(O)c(Cl)cc(Cl)c1Cl. The highest BCUT2D eigenvalue weighted by atomic mass is 35.5. The predicted octanol–water partition coefficient (Wildman–Crippen LogP) is 4.10. The molecule has 2 aromatic carbocycles. The Morgan fingerprint density at radius 2 is 1.84 bits per heavy atom. The average molecular weight is 405 g/mol. The Hall–Kier alpha value is -2.22. The van der Waals surface area contributed by atoms with Crippen molar-refractivity contribution in [2.24, 2.45) is 0 Å². The van der Waals surface area contributed by atoms with Crippen LogP contribution in [0.3, 0.4) is 0 Å². The lowest BCUT2D eigenvalue weighted by Gasteiger charge is -2.11. The lowest BCUT2D eigenvalue weighted by atomic mass is 10.2. The number of nitrogens with one attached hydrogen (secondary N) is 2. The molecule has 0 aromatic heterocycles. The molecule has 2 rings (SSSR count). The van der Waals surface area contributed by atoms with Crippen LogP contribution in [0.15, 0.2) is 30.3 Å². The van der Waals surface area contributed by atoms with Gasteiger partial charge in [-0.05, 0) is 12.1 Å². The highest BCUT2D eigenvalue weighted by Gasteiger charge is 2.21. The largest absolute Gasteiger partial charge is 0.505 e. The van der Waals surface area contributed by atoms with E-state index in [9.17, 15) is 20.0 Å². The Morgan fingerprint density at radius 1 is 1.16 bits per heavy atom. The summed E-state index contributed by atoms with van der Waals surface area (Å²) < 4.78 is 0. The molecule has 0 saturated heterocycles. The molecule has 2 aromatic rings. The summed E-state index contributed by atoms with van der Waals surface area (Å²) in [6, 6.07) is 7.36. The summed E-state index contributed by atoms with van der Waals surface area (Å²) in [5.41, 5.74) is 0.0226. The van der Waals surface area contributed by atoms with Crippen LogP contribution in [0.2, 0.25) is 15.1 Å². The molecule has 0 unspecified atom stereocenters. The molecular formula is C15H12Cl3N3O4. The molecule has 0 fully saturated rings. The third-order valence-corrected chi connectivity index (χ3v) is 4.27. The maximum Gasteiger partial charge on any atom is 0.292 e. The molecule has 10 heteroatoms. The molecule has 0 saturated carbocycles. The van der Waals surface area contributed by atoms with E-state index in [-0.39, 0.29) is 39.4 Å². The minimum Gasteiger partial charge on any atom is -0.505 e. The summed E-state index contributed by atoms with van der Waals surface area (Å²) in [6.45, 7) is 0.327. The molecule has 3 N–H and O–H groups in total. The molecule has 132 valence electrons. The number of carbonyl (C=O) groups is 1. The predicted molar refractivity (Wildman–Crippen MR) is 97.1 cm³/mol. The fourth-order valence-corrected chi connectivity index (χ4v) is 2.73. The summed E-state index contributed by atoms with van der Waals surface area (Å²) >= 11 is 17.5. The second kappa shape index (κ2) is 8.24. The van der Waals surface area contributed by atoms with Gasteiger partial charge in [-0.2, -0.15) is 0 Å². The maximum absolute atomic E-state index is 12.2. The number of para-hydroxylation sites is 2. The number of phenols is 1. The van der Waals surface area contributed by atoms with E-state index in [0.29, 0.717) is 5.69 Å². The number of nitrogens with zero attached hydrogens (tertiary/aromatic N) is 1. The van der Waals surface area contributed by atoms with Gasteiger partial charge >= 0.3 is 0 Å². The van der Waals surface area contributed by atoms with Gasteiger partial charge in [0.25, 0.3) is 11.6 Å². The van der Waals surface area contributed by atoms with Crippen molar-refractivity contribution >= 4 is 52.1 Å².